The minimum absolute atomic E-state index is 0.145. The summed E-state index contributed by atoms with van der Waals surface area (Å²) in [5.74, 6) is 0.262. The number of carbonyl (C=O) groups is 2. The summed E-state index contributed by atoms with van der Waals surface area (Å²) in [4.78, 5) is 34.5. The molecule has 1 aliphatic heterocycles. The van der Waals surface area contributed by atoms with Crippen molar-refractivity contribution in [1.29, 1.82) is 0 Å². The van der Waals surface area contributed by atoms with E-state index in [1.165, 1.54) is 28.1 Å². The number of fused-ring (bicyclic) bond motifs is 1. The Morgan fingerprint density at radius 2 is 1.88 bits per heavy atom. The van der Waals surface area contributed by atoms with Gasteiger partial charge in [0.1, 0.15) is 11.5 Å². The van der Waals surface area contributed by atoms with Gasteiger partial charge >= 0.3 is 6.03 Å². The average molecular weight is 701 g/mol. The van der Waals surface area contributed by atoms with Gasteiger partial charge in [-0.15, -0.1) is 0 Å². The molecule has 3 N–H and O–H groups in total. The fourth-order valence-electron chi connectivity index (χ4n) is 5.43. The van der Waals surface area contributed by atoms with Crippen LogP contribution in [-0.2, 0) is 21.8 Å². The quantitative estimate of drug-likeness (QED) is 0.297. The van der Waals surface area contributed by atoms with Gasteiger partial charge in [0.05, 0.1) is 43.9 Å². The first-order valence-corrected chi connectivity index (χ1v) is 17.8. The number of nitrogens with zero attached hydrogens (tertiary/aromatic N) is 4. The predicted molar refractivity (Wildman–Crippen MR) is 186 cm³/mol. The lowest BCUT2D eigenvalue weighted by Gasteiger charge is -2.35. The number of anilines is 2. The number of aromatic nitrogens is 2. The Morgan fingerprint density at radius 1 is 1.16 bits per heavy atom. The highest BCUT2D eigenvalue weighted by molar-refractivity contribution is 7.92. The number of aliphatic hydroxyl groups excluding tert-OH is 1. The molecule has 3 aromatic rings. The van der Waals surface area contributed by atoms with Gasteiger partial charge in [-0.25, -0.2) is 9.78 Å². The number of hydrogen-bond donors (Lipinski definition) is 3. The van der Waals surface area contributed by atoms with Crippen LogP contribution >= 0.6 is 0 Å². The van der Waals surface area contributed by atoms with Crippen LogP contribution in [0.2, 0.25) is 0 Å². The number of likely N-dealkylation sites (N-methyl/N-ethyl adjacent to an activating group) is 1. The summed E-state index contributed by atoms with van der Waals surface area (Å²) in [6, 6.07) is 10.7. The maximum absolute atomic E-state index is 14.4. The van der Waals surface area contributed by atoms with Crippen molar-refractivity contribution in [1.82, 2.24) is 19.4 Å². The number of urea groups is 1. The van der Waals surface area contributed by atoms with Crippen molar-refractivity contribution in [3.05, 3.63) is 60.6 Å². The Hall–Kier alpha value is -4.34. The zero-order valence-electron chi connectivity index (χ0n) is 29.0. The monoisotopic (exact) mass is 700 g/mol. The van der Waals surface area contributed by atoms with E-state index < -0.39 is 28.1 Å². The molecule has 3 amide bonds. The third-order valence-corrected chi connectivity index (χ3v) is 9.67. The molecule has 0 saturated heterocycles. The average Bonchev–Trinajstić information content (AvgIpc) is 3.53. The second-order valence-electron chi connectivity index (χ2n) is 12.5. The van der Waals surface area contributed by atoms with E-state index in [-0.39, 0.29) is 54.0 Å². The minimum Gasteiger partial charge on any atom is -0.497 e. The van der Waals surface area contributed by atoms with Crippen molar-refractivity contribution in [2.75, 3.05) is 50.5 Å². The van der Waals surface area contributed by atoms with E-state index in [4.69, 9.17) is 14.2 Å². The van der Waals surface area contributed by atoms with Crippen molar-refractivity contribution < 1.29 is 37.3 Å². The Morgan fingerprint density at radius 3 is 2.53 bits per heavy atom. The van der Waals surface area contributed by atoms with Crippen LogP contribution in [0.3, 0.4) is 0 Å². The van der Waals surface area contributed by atoms with Crippen molar-refractivity contribution in [2.24, 2.45) is 13.0 Å². The number of nitrogens with one attached hydrogen (secondary N) is 2. The number of hydrogen-bond acceptors (Lipinski definition) is 9. The number of aryl methyl sites for hydroxylation is 1. The van der Waals surface area contributed by atoms with Gasteiger partial charge in [-0.2, -0.15) is 8.42 Å². The van der Waals surface area contributed by atoms with Crippen LogP contribution in [0.25, 0.3) is 0 Å². The van der Waals surface area contributed by atoms with Crippen molar-refractivity contribution >= 4 is 33.3 Å². The molecule has 4 atom stereocenters. The molecule has 0 aliphatic carbocycles. The molecule has 15 heteroatoms. The smallest absolute Gasteiger partial charge is 0.321 e. The third-order valence-electron chi connectivity index (χ3n) is 8.40. The second-order valence-corrected chi connectivity index (χ2v) is 14.2. The number of aliphatic hydroxyl groups is 1. The number of sulfonamides is 1. The van der Waals surface area contributed by atoms with Gasteiger partial charge in [-0.1, -0.05) is 6.92 Å². The maximum Gasteiger partial charge on any atom is 0.321 e. The van der Waals surface area contributed by atoms with Crippen molar-refractivity contribution in [3.63, 3.8) is 0 Å². The first-order chi connectivity index (χ1) is 23.3. The summed E-state index contributed by atoms with van der Waals surface area (Å²) < 4.78 is 47.9. The molecular weight excluding hydrogens is 652 g/mol. The molecule has 0 spiro atoms. The topological polar surface area (TPSA) is 165 Å². The van der Waals surface area contributed by atoms with Crippen LogP contribution in [-0.4, -0.2) is 104 Å². The molecule has 0 unspecified atom stereocenters. The summed E-state index contributed by atoms with van der Waals surface area (Å²) in [5, 5.41) is 12.9. The highest BCUT2D eigenvalue weighted by Crippen LogP contribution is 2.29. The molecule has 2 aromatic carbocycles. The predicted octanol–water partition coefficient (Wildman–Crippen LogP) is 4.19. The van der Waals surface area contributed by atoms with Gasteiger partial charge in [0.15, 0.2) is 5.03 Å². The molecule has 1 aliphatic rings. The van der Waals surface area contributed by atoms with E-state index in [1.807, 2.05) is 13.8 Å². The Kier molecular flexibility index (Phi) is 12.9. The molecule has 268 valence electrons. The van der Waals surface area contributed by atoms with E-state index in [1.54, 1.807) is 69.4 Å². The SMILES string of the molecule is COc1ccc(NC(=O)N(C)C[C@@H]2OCCCC[C@H](C)Oc3ccc(NS(=O)(=O)c4cn(C)cn4)cc3C(=O)N([C@H](C)CO)C[C@H]2C)cc1. The molecule has 49 heavy (non-hydrogen) atoms. The number of methoxy groups -OCH3 is 1. The molecule has 4 rings (SSSR count). The van der Waals surface area contributed by atoms with E-state index in [0.717, 1.165) is 12.8 Å². The Balaban J connectivity index is 1.60. The molecule has 14 nitrogen and oxygen atoms in total. The summed E-state index contributed by atoms with van der Waals surface area (Å²) in [6.45, 7) is 6.14. The van der Waals surface area contributed by atoms with E-state index >= 15 is 0 Å². The van der Waals surface area contributed by atoms with Crippen LogP contribution in [0.4, 0.5) is 16.2 Å². The Labute approximate surface area is 288 Å². The van der Waals surface area contributed by atoms with E-state index in [9.17, 15) is 23.1 Å². The molecule has 2 heterocycles. The first-order valence-electron chi connectivity index (χ1n) is 16.3. The zero-order valence-corrected chi connectivity index (χ0v) is 29.8. The largest absolute Gasteiger partial charge is 0.497 e. The van der Waals surface area contributed by atoms with Crippen LogP contribution < -0.4 is 19.5 Å². The standard InChI is InChI=1S/C34H48N6O8S/c1-23-18-40(24(2)21-41)33(42)29-17-27(37-49(44,45)32-20-38(4)22-35-32)12-15-30(29)48-25(3)9-7-8-16-47-31(23)19-39(5)34(43)36-26-10-13-28(46-6)14-11-26/h10-15,17,20,22-25,31,37,41H,7-9,16,18-19,21H2,1-6H3,(H,36,43)/t23-,24-,25+,31+/m1/s1. The third kappa shape index (κ3) is 10.1. The lowest BCUT2D eigenvalue weighted by atomic mass is 10.0. The highest BCUT2D eigenvalue weighted by atomic mass is 32.2. The zero-order chi connectivity index (χ0) is 35.7. The lowest BCUT2D eigenvalue weighted by Crippen LogP contribution is -2.48. The molecule has 1 aromatic heterocycles. The van der Waals surface area contributed by atoms with Gasteiger partial charge in [0.2, 0.25) is 0 Å². The Bertz CT molecular complexity index is 1660. The molecule has 0 fully saturated rings. The van der Waals surface area contributed by atoms with Gasteiger partial charge in [-0.3, -0.25) is 9.52 Å². The molecule has 0 radical (unpaired) electrons. The number of ether oxygens (including phenoxy) is 3. The lowest BCUT2D eigenvalue weighted by molar-refractivity contribution is -0.0115. The van der Waals surface area contributed by atoms with E-state index in [0.29, 0.717) is 30.2 Å². The molecule has 0 bridgehead atoms. The highest BCUT2D eigenvalue weighted by Gasteiger charge is 2.31. The van der Waals surface area contributed by atoms with E-state index in [2.05, 4.69) is 15.0 Å². The van der Waals surface area contributed by atoms with Crippen molar-refractivity contribution in [3.8, 4) is 11.5 Å². The fourth-order valence-corrected chi connectivity index (χ4v) is 6.46. The number of benzene rings is 2. The summed E-state index contributed by atoms with van der Waals surface area (Å²) >= 11 is 0. The van der Waals surface area contributed by atoms with Crippen LogP contribution in [0.15, 0.2) is 60.0 Å². The number of rotatable bonds is 9. The van der Waals surface area contributed by atoms with Gasteiger partial charge in [0, 0.05) is 57.3 Å². The molecule has 0 saturated carbocycles. The first kappa shape index (κ1) is 37.5. The van der Waals surface area contributed by atoms with Gasteiger partial charge in [-0.05, 0) is 75.6 Å². The second kappa shape index (κ2) is 16.9. The molecular formula is C34H48N6O8S. The van der Waals surface area contributed by atoms with Gasteiger partial charge in [0.25, 0.3) is 15.9 Å². The van der Waals surface area contributed by atoms with Gasteiger partial charge < -0.3 is 39.0 Å². The summed E-state index contributed by atoms with van der Waals surface area (Å²) in [5.41, 5.74) is 0.916. The fraction of sp³-hybridized carbons (Fsp3) is 0.500. The number of carbonyl (C=O) groups excluding carboxylic acids is 2. The maximum atomic E-state index is 14.4. The number of amides is 3. The number of imidazole rings is 1. The van der Waals surface area contributed by atoms with Crippen LogP contribution in [0.5, 0.6) is 11.5 Å². The minimum atomic E-state index is -4.04. The summed E-state index contributed by atoms with van der Waals surface area (Å²) in [7, 11) is 0.885. The normalized spacial score (nSPS) is 19.9. The van der Waals surface area contributed by atoms with Crippen molar-refractivity contribution in [2.45, 2.75) is 63.3 Å². The van der Waals surface area contributed by atoms with Crippen LogP contribution in [0, 0.1) is 5.92 Å². The van der Waals surface area contributed by atoms with Crippen LogP contribution in [0.1, 0.15) is 50.4 Å². The summed E-state index contributed by atoms with van der Waals surface area (Å²) in [6.07, 6.45) is 4.31.